The average Bonchev–Trinajstić information content (AvgIpc) is 3.50. The van der Waals surface area contributed by atoms with Gasteiger partial charge in [0.15, 0.2) is 5.76 Å². The van der Waals surface area contributed by atoms with Crippen molar-refractivity contribution in [1.29, 1.82) is 5.26 Å². The van der Waals surface area contributed by atoms with E-state index in [4.69, 9.17) is 8.83 Å². The Morgan fingerprint density at radius 3 is 2.41 bits per heavy atom. The summed E-state index contributed by atoms with van der Waals surface area (Å²) in [4.78, 5) is 30.8. The van der Waals surface area contributed by atoms with Crippen LogP contribution in [-0.4, -0.2) is 29.9 Å². The lowest BCUT2D eigenvalue weighted by Gasteiger charge is -2.30. The molecule has 2 aromatic heterocycles. The molecule has 0 atom stereocenters. The van der Waals surface area contributed by atoms with Crippen LogP contribution in [0.1, 0.15) is 38.8 Å². The van der Waals surface area contributed by atoms with E-state index in [0.29, 0.717) is 61.3 Å². The van der Waals surface area contributed by atoms with Crippen molar-refractivity contribution in [1.82, 2.24) is 4.98 Å². The molecule has 4 rings (SSSR count). The van der Waals surface area contributed by atoms with E-state index >= 15 is 0 Å². The molecule has 0 spiro atoms. The molecule has 1 fully saturated rings. The molecular formula is C25H27N5O4. The Labute approximate surface area is 197 Å². The summed E-state index contributed by atoms with van der Waals surface area (Å²) in [5.41, 5.74) is 1.58. The minimum atomic E-state index is -0.153. The first-order valence-corrected chi connectivity index (χ1v) is 11.3. The van der Waals surface area contributed by atoms with Crippen LogP contribution in [0.15, 0.2) is 51.5 Å². The summed E-state index contributed by atoms with van der Waals surface area (Å²) in [5.74, 6) is 1.19. The van der Waals surface area contributed by atoms with E-state index in [1.807, 2.05) is 18.7 Å². The van der Waals surface area contributed by atoms with Crippen LogP contribution < -0.4 is 15.5 Å². The fourth-order valence-electron chi connectivity index (χ4n) is 3.91. The summed E-state index contributed by atoms with van der Waals surface area (Å²) in [7, 11) is 0. The van der Waals surface area contributed by atoms with Gasteiger partial charge in [0, 0.05) is 36.8 Å². The summed E-state index contributed by atoms with van der Waals surface area (Å²) >= 11 is 0. The molecule has 0 bridgehead atoms. The predicted octanol–water partition coefficient (Wildman–Crippen LogP) is 4.65. The SMILES string of the molecule is CC(C)CC(=O)Nc1ccc(NC(=O)C2CCN(c3oc(-c4ccco4)nc3C#N)CC2)cc1. The molecule has 34 heavy (non-hydrogen) atoms. The number of nitrogens with one attached hydrogen (secondary N) is 2. The standard InChI is InChI=1S/C25H27N5O4/c1-16(2)14-22(31)27-18-5-7-19(8-6-18)28-23(32)17-9-11-30(12-10-17)25-20(15-26)29-24(34-25)21-4-3-13-33-21/h3-8,13,16-17H,9-12,14H2,1-2H3,(H,27,31)(H,28,32). The Bertz CT molecular complexity index is 1170. The van der Waals surface area contributed by atoms with E-state index < -0.39 is 0 Å². The topological polar surface area (TPSA) is 124 Å². The van der Waals surface area contributed by atoms with Gasteiger partial charge in [0.25, 0.3) is 5.89 Å². The maximum atomic E-state index is 12.8. The van der Waals surface area contributed by atoms with E-state index in [1.165, 1.54) is 6.26 Å². The van der Waals surface area contributed by atoms with Crippen molar-refractivity contribution in [3.05, 3.63) is 48.4 Å². The van der Waals surface area contributed by atoms with Crippen molar-refractivity contribution in [3.8, 4) is 17.7 Å². The molecule has 1 saturated heterocycles. The highest BCUT2D eigenvalue weighted by atomic mass is 16.4. The number of aromatic nitrogens is 1. The second kappa shape index (κ2) is 10.3. The number of hydrogen-bond donors (Lipinski definition) is 2. The van der Waals surface area contributed by atoms with Crippen LogP contribution in [0.4, 0.5) is 17.3 Å². The smallest absolute Gasteiger partial charge is 0.266 e. The number of carbonyl (C=O) groups is 2. The number of nitriles is 1. The highest BCUT2D eigenvalue weighted by Crippen LogP contribution is 2.31. The van der Waals surface area contributed by atoms with Crippen molar-refractivity contribution in [3.63, 3.8) is 0 Å². The van der Waals surface area contributed by atoms with Crippen molar-refractivity contribution >= 4 is 29.1 Å². The molecule has 3 heterocycles. The van der Waals surface area contributed by atoms with Crippen LogP contribution in [0.3, 0.4) is 0 Å². The zero-order valence-corrected chi connectivity index (χ0v) is 19.2. The molecule has 2 amide bonds. The monoisotopic (exact) mass is 461 g/mol. The first-order valence-electron chi connectivity index (χ1n) is 11.3. The molecule has 1 aliphatic heterocycles. The van der Waals surface area contributed by atoms with E-state index in [-0.39, 0.29) is 29.3 Å². The molecule has 176 valence electrons. The van der Waals surface area contributed by atoms with Gasteiger partial charge in [-0.25, -0.2) is 0 Å². The summed E-state index contributed by atoms with van der Waals surface area (Å²) in [6, 6.07) is 12.6. The summed E-state index contributed by atoms with van der Waals surface area (Å²) in [6.45, 7) is 5.13. The van der Waals surface area contributed by atoms with Gasteiger partial charge in [-0.2, -0.15) is 10.2 Å². The second-order valence-corrected chi connectivity index (χ2v) is 8.74. The number of furan rings is 1. The number of piperidine rings is 1. The summed E-state index contributed by atoms with van der Waals surface area (Å²) in [6.07, 6.45) is 3.23. The second-order valence-electron chi connectivity index (χ2n) is 8.74. The van der Waals surface area contributed by atoms with Crippen molar-refractivity contribution in [2.24, 2.45) is 11.8 Å². The van der Waals surface area contributed by atoms with E-state index in [9.17, 15) is 14.9 Å². The quantitative estimate of drug-likeness (QED) is 0.525. The molecule has 1 aliphatic rings. The van der Waals surface area contributed by atoms with Crippen molar-refractivity contribution < 1.29 is 18.4 Å². The van der Waals surface area contributed by atoms with Gasteiger partial charge in [0.2, 0.25) is 23.4 Å². The summed E-state index contributed by atoms with van der Waals surface area (Å²) in [5, 5.41) is 15.3. The van der Waals surface area contributed by atoms with Crippen LogP contribution in [-0.2, 0) is 9.59 Å². The highest BCUT2D eigenvalue weighted by Gasteiger charge is 2.29. The number of benzene rings is 1. The molecule has 1 aromatic carbocycles. The minimum Gasteiger partial charge on any atom is -0.459 e. The van der Waals surface area contributed by atoms with Crippen LogP contribution in [0, 0.1) is 23.2 Å². The fraction of sp³-hybridized carbons (Fsp3) is 0.360. The van der Waals surface area contributed by atoms with Crippen LogP contribution in [0.25, 0.3) is 11.7 Å². The molecule has 0 aliphatic carbocycles. The largest absolute Gasteiger partial charge is 0.459 e. The number of nitrogens with zero attached hydrogens (tertiary/aromatic N) is 3. The number of hydrogen-bond acceptors (Lipinski definition) is 7. The number of anilines is 3. The third-order valence-electron chi connectivity index (χ3n) is 5.63. The maximum Gasteiger partial charge on any atom is 0.266 e. The average molecular weight is 462 g/mol. The van der Waals surface area contributed by atoms with Crippen LogP contribution >= 0.6 is 0 Å². The molecule has 0 radical (unpaired) electrons. The summed E-state index contributed by atoms with van der Waals surface area (Å²) < 4.78 is 11.1. The Morgan fingerprint density at radius 1 is 1.15 bits per heavy atom. The van der Waals surface area contributed by atoms with Crippen molar-refractivity contribution in [2.45, 2.75) is 33.1 Å². The van der Waals surface area contributed by atoms with Gasteiger partial charge in [-0.15, -0.1) is 0 Å². The van der Waals surface area contributed by atoms with Gasteiger partial charge < -0.3 is 24.4 Å². The normalized spacial score (nSPS) is 14.1. The zero-order chi connectivity index (χ0) is 24.1. The Balaban J connectivity index is 1.31. The van der Waals surface area contributed by atoms with Crippen molar-refractivity contribution in [2.75, 3.05) is 28.6 Å². The number of rotatable bonds is 7. The predicted molar refractivity (Wildman–Crippen MR) is 127 cm³/mol. The molecular weight excluding hydrogens is 434 g/mol. The Kier molecular flexibility index (Phi) is 6.97. The van der Waals surface area contributed by atoms with Gasteiger partial charge >= 0.3 is 0 Å². The Hall–Kier alpha value is -4.06. The highest BCUT2D eigenvalue weighted by molar-refractivity contribution is 5.94. The number of amides is 2. The zero-order valence-electron chi connectivity index (χ0n) is 19.2. The maximum absolute atomic E-state index is 12.8. The van der Waals surface area contributed by atoms with Gasteiger partial charge in [0.05, 0.1) is 6.26 Å². The lowest BCUT2D eigenvalue weighted by molar-refractivity contribution is -0.120. The Morgan fingerprint density at radius 2 is 1.82 bits per heavy atom. The first kappa shape index (κ1) is 23.1. The van der Waals surface area contributed by atoms with Crippen LogP contribution in [0.5, 0.6) is 0 Å². The lowest BCUT2D eigenvalue weighted by Crippen LogP contribution is -2.38. The third kappa shape index (κ3) is 5.46. The van der Waals surface area contributed by atoms with Gasteiger partial charge in [-0.05, 0) is 55.2 Å². The van der Waals surface area contributed by atoms with Gasteiger partial charge in [0.1, 0.15) is 6.07 Å². The molecule has 2 N–H and O–H groups in total. The van der Waals surface area contributed by atoms with E-state index in [2.05, 4.69) is 21.7 Å². The van der Waals surface area contributed by atoms with Crippen LogP contribution in [0.2, 0.25) is 0 Å². The number of carbonyl (C=O) groups excluding carboxylic acids is 2. The third-order valence-corrected chi connectivity index (χ3v) is 5.63. The van der Waals surface area contributed by atoms with E-state index in [0.717, 1.165) is 0 Å². The lowest BCUT2D eigenvalue weighted by atomic mass is 9.96. The fourth-order valence-corrected chi connectivity index (χ4v) is 3.91. The molecule has 0 unspecified atom stereocenters. The minimum absolute atomic E-state index is 0.0267. The van der Waals surface area contributed by atoms with Gasteiger partial charge in [-0.1, -0.05) is 13.8 Å². The molecule has 9 nitrogen and oxygen atoms in total. The first-order chi connectivity index (χ1) is 16.4. The molecule has 3 aromatic rings. The van der Waals surface area contributed by atoms with Gasteiger partial charge in [-0.3, -0.25) is 9.59 Å². The molecule has 0 saturated carbocycles. The number of oxazole rings is 1. The van der Waals surface area contributed by atoms with E-state index in [1.54, 1.807) is 36.4 Å². The molecule has 9 heteroatoms.